The topological polar surface area (TPSA) is 79.8 Å². The molecule has 0 aromatic heterocycles. The molecule has 6 nitrogen and oxygen atoms in total. The van der Waals surface area contributed by atoms with Crippen molar-refractivity contribution in [2.45, 2.75) is 13.0 Å². The largest absolute Gasteiger partial charge is 0.493 e. The molecule has 1 rings (SSSR count). The van der Waals surface area contributed by atoms with Crippen molar-refractivity contribution < 1.29 is 19.4 Å². The van der Waals surface area contributed by atoms with Crippen LogP contribution in [0.25, 0.3) is 0 Å². The van der Waals surface area contributed by atoms with Gasteiger partial charge in [-0.15, -0.1) is 0 Å². The predicted molar refractivity (Wildman–Crippen MR) is 76.1 cm³/mol. The van der Waals surface area contributed by atoms with Crippen molar-refractivity contribution in [3.05, 3.63) is 23.8 Å². The van der Waals surface area contributed by atoms with E-state index < -0.39 is 6.10 Å². The summed E-state index contributed by atoms with van der Waals surface area (Å²) in [5.74, 6) is 1.15. The molecule has 0 radical (unpaired) electrons. The van der Waals surface area contributed by atoms with Crippen molar-refractivity contribution in [2.75, 3.05) is 33.9 Å². The number of hydrogen-bond acceptors (Lipinski definition) is 5. The maximum absolute atomic E-state index is 10.7. The quantitative estimate of drug-likeness (QED) is 0.604. The highest BCUT2D eigenvalue weighted by Crippen LogP contribution is 2.29. The first-order chi connectivity index (χ1) is 9.58. The van der Waals surface area contributed by atoms with Crippen molar-refractivity contribution >= 4 is 5.91 Å². The molecule has 3 N–H and O–H groups in total. The molecule has 6 heteroatoms. The highest BCUT2D eigenvalue weighted by atomic mass is 16.5. The number of carbonyl (C=O) groups excluding carboxylic acids is 1. The Kier molecular flexibility index (Phi) is 6.83. The average Bonchev–Trinajstić information content (AvgIpc) is 2.45. The van der Waals surface area contributed by atoms with E-state index in [1.165, 1.54) is 6.92 Å². The third-order valence-corrected chi connectivity index (χ3v) is 2.81. The van der Waals surface area contributed by atoms with Gasteiger partial charge in [-0.05, 0) is 17.7 Å². The van der Waals surface area contributed by atoms with Gasteiger partial charge >= 0.3 is 0 Å². The van der Waals surface area contributed by atoms with Crippen molar-refractivity contribution in [1.82, 2.24) is 10.6 Å². The summed E-state index contributed by atoms with van der Waals surface area (Å²) in [6.45, 7) is 3.01. The maximum Gasteiger partial charge on any atom is 0.216 e. The minimum absolute atomic E-state index is 0.0627. The van der Waals surface area contributed by atoms with Crippen LogP contribution in [-0.2, 0) is 4.79 Å². The third-order valence-electron chi connectivity index (χ3n) is 2.81. The lowest BCUT2D eigenvalue weighted by Crippen LogP contribution is -2.32. The molecule has 0 spiro atoms. The fourth-order valence-electron chi connectivity index (χ4n) is 1.74. The van der Waals surface area contributed by atoms with Crippen LogP contribution in [0.5, 0.6) is 11.5 Å². The molecule has 0 fully saturated rings. The highest BCUT2D eigenvalue weighted by molar-refractivity contribution is 5.72. The van der Waals surface area contributed by atoms with Gasteiger partial charge in [0.05, 0.1) is 20.3 Å². The van der Waals surface area contributed by atoms with Crippen molar-refractivity contribution in [2.24, 2.45) is 0 Å². The number of hydrogen-bond donors (Lipinski definition) is 3. The zero-order chi connectivity index (χ0) is 15.0. The second-order valence-corrected chi connectivity index (χ2v) is 4.32. The number of ether oxygens (including phenoxy) is 2. The monoisotopic (exact) mass is 282 g/mol. The van der Waals surface area contributed by atoms with Gasteiger partial charge in [0.25, 0.3) is 0 Å². The Labute approximate surface area is 119 Å². The fraction of sp³-hybridized carbons (Fsp3) is 0.500. The minimum Gasteiger partial charge on any atom is -0.493 e. The normalized spacial score (nSPS) is 11.8. The van der Waals surface area contributed by atoms with Crippen molar-refractivity contribution in [1.29, 1.82) is 0 Å². The molecule has 1 aromatic rings. The van der Waals surface area contributed by atoms with Crippen LogP contribution in [-0.4, -0.2) is 44.9 Å². The van der Waals surface area contributed by atoms with Crippen LogP contribution in [0.3, 0.4) is 0 Å². The second kappa shape index (κ2) is 8.39. The summed E-state index contributed by atoms with van der Waals surface area (Å²) in [5, 5.41) is 15.8. The first-order valence-electron chi connectivity index (χ1n) is 6.43. The zero-order valence-corrected chi connectivity index (χ0v) is 12.1. The van der Waals surface area contributed by atoms with E-state index in [1.54, 1.807) is 32.4 Å². The van der Waals surface area contributed by atoms with Gasteiger partial charge in [0.2, 0.25) is 5.91 Å². The van der Waals surface area contributed by atoms with E-state index in [0.717, 1.165) is 5.56 Å². The molecule has 0 aliphatic rings. The summed E-state index contributed by atoms with van der Waals surface area (Å²) >= 11 is 0. The van der Waals surface area contributed by atoms with Gasteiger partial charge in [-0.3, -0.25) is 4.79 Å². The lowest BCUT2D eigenvalue weighted by atomic mass is 10.1. The van der Waals surface area contributed by atoms with Crippen LogP contribution in [0.15, 0.2) is 18.2 Å². The lowest BCUT2D eigenvalue weighted by Gasteiger charge is -2.15. The Bertz CT molecular complexity index is 437. The number of aliphatic hydroxyl groups is 1. The smallest absolute Gasteiger partial charge is 0.216 e. The van der Waals surface area contributed by atoms with Crippen LogP contribution in [0.1, 0.15) is 18.6 Å². The molecule has 1 amide bonds. The van der Waals surface area contributed by atoms with E-state index >= 15 is 0 Å². The first kappa shape index (κ1) is 16.3. The summed E-state index contributed by atoms with van der Waals surface area (Å²) in [7, 11) is 3.12. The Morgan fingerprint density at radius 1 is 1.25 bits per heavy atom. The fourth-order valence-corrected chi connectivity index (χ4v) is 1.74. The van der Waals surface area contributed by atoms with Gasteiger partial charge in [0.15, 0.2) is 11.5 Å². The zero-order valence-electron chi connectivity index (χ0n) is 12.1. The van der Waals surface area contributed by atoms with E-state index in [4.69, 9.17) is 9.47 Å². The van der Waals surface area contributed by atoms with E-state index in [0.29, 0.717) is 31.1 Å². The van der Waals surface area contributed by atoms with E-state index in [9.17, 15) is 9.90 Å². The molecular formula is C14H22N2O4. The highest BCUT2D eigenvalue weighted by Gasteiger charge is 2.11. The summed E-state index contributed by atoms with van der Waals surface area (Å²) < 4.78 is 10.3. The molecule has 0 saturated carbocycles. The van der Waals surface area contributed by atoms with Crippen LogP contribution in [0, 0.1) is 0 Å². The Morgan fingerprint density at radius 2 is 1.95 bits per heavy atom. The predicted octanol–water partition coefficient (Wildman–Crippen LogP) is 0.463. The van der Waals surface area contributed by atoms with E-state index in [-0.39, 0.29) is 5.91 Å². The molecule has 20 heavy (non-hydrogen) atoms. The number of rotatable bonds is 8. The number of aliphatic hydroxyl groups excluding tert-OH is 1. The third kappa shape index (κ3) is 5.07. The van der Waals surface area contributed by atoms with Crippen LogP contribution in [0.2, 0.25) is 0 Å². The molecule has 1 aromatic carbocycles. The van der Waals surface area contributed by atoms with E-state index in [2.05, 4.69) is 10.6 Å². The summed E-state index contributed by atoms with van der Waals surface area (Å²) in [6, 6.07) is 5.30. The molecule has 0 aliphatic heterocycles. The Hall–Kier alpha value is -1.79. The van der Waals surface area contributed by atoms with Crippen LogP contribution in [0.4, 0.5) is 0 Å². The molecule has 0 aliphatic carbocycles. The first-order valence-corrected chi connectivity index (χ1v) is 6.43. The summed E-state index contributed by atoms with van der Waals surface area (Å²) in [6.07, 6.45) is -0.646. The second-order valence-electron chi connectivity index (χ2n) is 4.32. The average molecular weight is 282 g/mol. The molecular weight excluding hydrogens is 260 g/mol. The maximum atomic E-state index is 10.7. The lowest BCUT2D eigenvalue weighted by molar-refractivity contribution is -0.118. The minimum atomic E-state index is -0.646. The molecule has 1 atom stereocenters. The van der Waals surface area contributed by atoms with Gasteiger partial charge in [-0.25, -0.2) is 0 Å². The molecule has 112 valence electrons. The molecule has 1 unspecified atom stereocenters. The molecule has 0 bridgehead atoms. The van der Waals surface area contributed by atoms with Gasteiger partial charge in [0, 0.05) is 26.6 Å². The molecule has 0 heterocycles. The van der Waals surface area contributed by atoms with E-state index in [1.807, 2.05) is 0 Å². The Morgan fingerprint density at radius 3 is 2.55 bits per heavy atom. The number of nitrogens with one attached hydrogen (secondary N) is 2. The summed E-state index contributed by atoms with van der Waals surface area (Å²) in [4.78, 5) is 10.7. The van der Waals surface area contributed by atoms with Gasteiger partial charge < -0.3 is 25.2 Å². The summed E-state index contributed by atoms with van der Waals surface area (Å²) in [5.41, 5.74) is 0.745. The number of benzene rings is 1. The number of carbonyl (C=O) groups is 1. The van der Waals surface area contributed by atoms with Gasteiger partial charge in [-0.2, -0.15) is 0 Å². The number of amides is 1. The van der Waals surface area contributed by atoms with Gasteiger partial charge in [-0.1, -0.05) is 6.07 Å². The Balaban J connectivity index is 2.46. The SMILES string of the molecule is COc1ccc(C(O)CNCCNC(C)=O)cc1OC. The molecule has 0 saturated heterocycles. The van der Waals surface area contributed by atoms with Crippen molar-refractivity contribution in [3.63, 3.8) is 0 Å². The van der Waals surface area contributed by atoms with Gasteiger partial charge in [0.1, 0.15) is 0 Å². The standard InChI is InChI=1S/C14H22N2O4/c1-10(17)16-7-6-15-9-12(18)11-4-5-13(19-2)14(8-11)20-3/h4-5,8,12,15,18H,6-7,9H2,1-3H3,(H,16,17). The van der Waals surface area contributed by atoms with Crippen LogP contribution >= 0.6 is 0 Å². The van der Waals surface area contributed by atoms with Crippen LogP contribution < -0.4 is 20.1 Å². The number of methoxy groups -OCH3 is 2. The van der Waals surface area contributed by atoms with Crippen molar-refractivity contribution in [3.8, 4) is 11.5 Å².